The molecule has 0 spiro atoms. The maximum atomic E-state index is 12.4. The third kappa shape index (κ3) is 4.37. The van der Waals surface area contributed by atoms with Crippen LogP contribution >= 0.6 is 34.9 Å². The summed E-state index contributed by atoms with van der Waals surface area (Å²) in [5.74, 6) is 0.678. The molecule has 0 saturated heterocycles. The number of ether oxygens (including phenoxy) is 2. The number of amides is 1. The number of hydrogen-bond acceptors (Lipinski definition) is 7. The first-order valence-electron chi connectivity index (χ1n) is 7.44. The van der Waals surface area contributed by atoms with Crippen molar-refractivity contribution >= 4 is 51.0 Å². The minimum Gasteiger partial charge on any atom is -0.497 e. The first kappa shape index (κ1) is 18.3. The summed E-state index contributed by atoms with van der Waals surface area (Å²) in [6, 6.07) is 8.88. The Kier molecular flexibility index (Phi) is 5.82. The number of methoxy groups -OCH3 is 2. The van der Waals surface area contributed by atoms with E-state index in [9.17, 15) is 4.79 Å². The van der Waals surface area contributed by atoms with E-state index in [1.165, 1.54) is 25.6 Å². The number of carbonyl (C=O) groups is 1. The predicted octanol–water partition coefficient (Wildman–Crippen LogP) is 4.02. The molecule has 1 amide bonds. The lowest BCUT2D eigenvalue weighted by Crippen LogP contribution is -2.34. The number of anilines is 1. The van der Waals surface area contributed by atoms with Gasteiger partial charge in [0.15, 0.2) is 10.2 Å². The Bertz CT molecular complexity index is 900. The van der Waals surface area contributed by atoms with Crippen molar-refractivity contribution in [2.45, 2.75) is 0 Å². The van der Waals surface area contributed by atoms with Gasteiger partial charge in [0.2, 0.25) is 0 Å². The SMILES string of the molecule is COc1cc(OC)cc(C(=O)NC(=S)Nc2nc(-c3cccs3)cs2)c1. The number of rotatable bonds is 5. The molecule has 0 radical (unpaired) electrons. The summed E-state index contributed by atoms with van der Waals surface area (Å²) in [5.41, 5.74) is 1.25. The van der Waals surface area contributed by atoms with Crippen molar-refractivity contribution in [2.24, 2.45) is 0 Å². The van der Waals surface area contributed by atoms with E-state index < -0.39 is 0 Å². The molecule has 0 bridgehead atoms. The number of benzene rings is 1. The van der Waals surface area contributed by atoms with Crippen molar-refractivity contribution in [2.75, 3.05) is 19.5 Å². The number of thiocarbonyl (C=S) groups is 1. The normalized spacial score (nSPS) is 10.2. The number of thiazole rings is 1. The summed E-state index contributed by atoms with van der Waals surface area (Å²) in [6.45, 7) is 0. The minimum atomic E-state index is -0.366. The molecule has 0 saturated carbocycles. The van der Waals surface area contributed by atoms with Crippen LogP contribution in [0.3, 0.4) is 0 Å². The number of nitrogens with one attached hydrogen (secondary N) is 2. The van der Waals surface area contributed by atoms with E-state index >= 15 is 0 Å². The van der Waals surface area contributed by atoms with Crippen molar-refractivity contribution in [3.8, 4) is 22.1 Å². The standard InChI is InChI=1S/C17H15N3O3S3/c1-22-11-6-10(7-12(8-11)23-2)15(21)19-16(24)20-17-18-13(9-26-17)14-4-3-5-25-14/h3-9H,1-2H3,(H2,18,19,20,21,24). The Hall–Kier alpha value is -2.49. The van der Waals surface area contributed by atoms with E-state index in [2.05, 4.69) is 15.6 Å². The van der Waals surface area contributed by atoms with E-state index in [4.69, 9.17) is 21.7 Å². The van der Waals surface area contributed by atoms with Crippen molar-refractivity contribution < 1.29 is 14.3 Å². The monoisotopic (exact) mass is 405 g/mol. The number of aromatic nitrogens is 1. The molecule has 6 nitrogen and oxygen atoms in total. The van der Waals surface area contributed by atoms with Crippen LogP contribution in [0.25, 0.3) is 10.6 Å². The van der Waals surface area contributed by atoms with Gasteiger partial charge in [-0.05, 0) is 35.8 Å². The van der Waals surface area contributed by atoms with Gasteiger partial charge >= 0.3 is 0 Å². The largest absolute Gasteiger partial charge is 0.497 e. The van der Waals surface area contributed by atoms with Gasteiger partial charge in [-0.15, -0.1) is 22.7 Å². The van der Waals surface area contributed by atoms with Crippen molar-refractivity contribution in [3.05, 3.63) is 46.7 Å². The summed E-state index contributed by atoms with van der Waals surface area (Å²) < 4.78 is 10.3. The van der Waals surface area contributed by atoms with Gasteiger partial charge in [0.05, 0.1) is 24.8 Å². The lowest BCUT2D eigenvalue weighted by atomic mass is 10.2. The summed E-state index contributed by atoms with van der Waals surface area (Å²) in [7, 11) is 3.05. The summed E-state index contributed by atoms with van der Waals surface area (Å²) in [6.07, 6.45) is 0. The maximum Gasteiger partial charge on any atom is 0.257 e. The van der Waals surface area contributed by atoms with E-state index in [1.54, 1.807) is 29.5 Å². The zero-order chi connectivity index (χ0) is 18.5. The molecule has 0 atom stereocenters. The van der Waals surface area contributed by atoms with Crippen LogP contribution in [0.5, 0.6) is 11.5 Å². The van der Waals surface area contributed by atoms with Gasteiger partial charge in [-0.1, -0.05) is 6.07 Å². The van der Waals surface area contributed by atoms with Crippen LogP contribution in [0.15, 0.2) is 41.1 Å². The maximum absolute atomic E-state index is 12.4. The highest BCUT2D eigenvalue weighted by molar-refractivity contribution is 7.80. The lowest BCUT2D eigenvalue weighted by molar-refractivity contribution is 0.0977. The lowest BCUT2D eigenvalue weighted by Gasteiger charge is -2.10. The average molecular weight is 406 g/mol. The molecule has 134 valence electrons. The highest BCUT2D eigenvalue weighted by Crippen LogP contribution is 2.28. The van der Waals surface area contributed by atoms with Crippen molar-refractivity contribution in [3.63, 3.8) is 0 Å². The number of hydrogen-bond donors (Lipinski definition) is 2. The molecule has 2 N–H and O–H groups in total. The third-order valence-corrected chi connectivity index (χ3v) is 5.19. The van der Waals surface area contributed by atoms with Gasteiger partial charge in [0, 0.05) is 17.0 Å². The van der Waals surface area contributed by atoms with Crippen LogP contribution in [0.1, 0.15) is 10.4 Å². The highest BCUT2D eigenvalue weighted by Gasteiger charge is 2.13. The Balaban J connectivity index is 1.65. The third-order valence-electron chi connectivity index (χ3n) is 3.34. The minimum absolute atomic E-state index is 0.170. The second kappa shape index (κ2) is 8.26. The molecule has 0 aliphatic rings. The Morgan fingerprint density at radius 2 is 1.88 bits per heavy atom. The zero-order valence-electron chi connectivity index (χ0n) is 13.9. The molecule has 26 heavy (non-hydrogen) atoms. The van der Waals surface area contributed by atoms with Crippen molar-refractivity contribution in [1.29, 1.82) is 0 Å². The fourth-order valence-corrected chi connectivity index (χ4v) is 3.84. The second-order valence-electron chi connectivity index (χ2n) is 5.02. The van der Waals surface area contributed by atoms with Gasteiger partial charge < -0.3 is 14.8 Å². The Morgan fingerprint density at radius 1 is 1.15 bits per heavy atom. The van der Waals surface area contributed by atoms with Gasteiger partial charge in [0.1, 0.15) is 11.5 Å². The fraction of sp³-hybridized carbons (Fsp3) is 0.118. The molecule has 0 aliphatic carbocycles. The molecule has 3 rings (SSSR count). The van der Waals surface area contributed by atoms with E-state index in [-0.39, 0.29) is 11.0 Å². The topological polar surface area (TPSA) is 72.5 Å². The van der Waals surface area contributed by atoms with Gasteiger partial charge in [-0.2, -0.15) is 0 Å². The smallest absolute Gasteiger partial charge is 0.257 e. The van der Waals surface area contributed by atoms with Gasteiger partial charge in [0.25, 0.3) is 5.91 Å². The first-order chi connectivity index (χ1) is 12.6. The first-order valence-corrected chi connectivity index (χ1v) is 9.60. The molecule has 0 unspecified atom stereocenters. The zero-order valence-corrected chi connectivity index (χ0v) is 16.4. The quantitative estimate of drug-likeness (QED) is 0.625. The highest BCUT2D eigenvalue weighted by atomic mass is 32.1. The fourth-order valence-electron chi connectivity index (χ4n) is 2.11. The van der Waals surface area contributed by atoms with Crippen LogP contribution in [-0.2, 0) is 0 Å². The molecule has 0 aliphatic heterocycles. The Morgan fingerprint density at radius 3 is 2.50 bits per heavy atom. The summed E-state index contributed by atoms with van der Waals surface area (Å²) in [5, 5.41) is 10.3. The number of carbonyl (C=O) groups excluding carboxylic acids is 1. The molecular formula is C17H15N3O3S3. The predicted molar refractivity (Wildman–Crippen MR) is 109 cm³/mol. The molecule has 1 aromatic carbocycles. The number of nitrogens with zero attached hydrogens (tertiary/aromatic N) is 1. The van der Waals surface area contributed by atoms with E-state index in [0.29, 0.717) is 22.2 Å². The molecule has 9 heteroatoms. The summed E-state index contributed by atoms with van der Waals surface area (Å²) in [4.78, 5) is 18.0. The van der Waals surface area contributed by atoms with Crippen LogP contribution in [0.2, 0.25) is 0 Å². The van der Waals surface area contributed by atoms with Crippen LogP contribution in [-0.4, -0.2) is 30.2 Å². The molecule has 2 heterocycles. The number of thiophene rings is 1. The van der Waals surface area contributed by atoms with Gasteiger partial charge in [-0.25, -0.2) is 4.98 Å². The van der Waals surface area contributed by atoms with E-state index in [0.717, 1.165) is 10.6 Å². The summed E-state index contributed by atoms with van der Waals surface area (Å²) >= 11 is 8.24. The molecular weight excluding hydrogens is 390 g/mol. The van der Waals surface area contributed by atoms with Crippen LogP contribution in [0.4, 0.5) is 5.13 Å². The second-order valence-corrected chi connectivity index (χ2v) is 7.24. The van der Waals surface area contributed by atoms with E-state index in [1.807, 2.05) is 22.9 Å². The average Bonchev–Trinajstić information content (AvgIpc) is 3.32. The van der Waals surface area contributed by atoms with Gasteiger partial charge in [-0.3, -0.25) is 10.1 Å². The Labute approximate surface area is 163 Å². The molecule has 0 fully saturated rings. The van der Waals surface area contributed by atoms with Crippen molar-refractivity contribution in [1.82, 2.24) is 10.3 Å². The van der Waals surface area contributed by atoms with Crippen LogP contribution in [0, 0.1) is 0 Å². The molecule has 3 aromatic rings. The molecule has 2 aromatic heterocycles. The van der Waals surface area contributed by atoms with Crippen LogP contribution < -0.4 is 20.1 Å².